The molecule has 0 amide bonds. The largest absolute Gasteiger partial charge is 0.368 e. The second-order valence-corrected chi connectivity index (χ2v) is 0.828. The van der Waals surface area contributed by atoms with E-state index in [0.29, 0.717) is 0 Å². The molecule has 0 saturated carbocycles. The van der Waals surface area contributed by atoms with Crippen LogP contribution in [0.3, 0.4) is 0 Å². The first-order chi connectivity index (χ1) is 5.31. The predicted molar refractivity (Wildman–Crippen MR) is 54.1 cm³/mol. The van der Waals surface area contributed by atoms with Crippen molar-refractivity contribution >= 4 is 12.7 Å². The highest BCUT2D eigenvalue weighted by atomic mass is 15.0. The van der Waals surface area contributed by atoms with Crippen LogP contribution < -0.4 is 5.73 Å². The molecule has 0 heterocycles. The summed E-state index contributed by atoms with van der Waals surface area (Å²) >= 11 is 0. The van der Waals surface area contributed by atoms with E-state index in [1.807, 2.05) is 27.7 Å². The van der Waals surface area contributed by atoms with E-state index in [4.69, 9.17) is 5.73 Å². The highest BCUT2D eigenvalue weighted by Gasteiger charge is 1.72. The molecule has 3 heteroatoms. The van der Waals surface area contributed by atoms with Gasteiger partial charge in [-0.25, -0.2) is 9.98 Å². The SMILES string of the molecule is C=CN=C(N)N=C.CC.CC. The number of nitrogens with zero attached hydrogens (tertiary/aromatic N) is 2. The Bertz CT molecular complexity index is 106. The van der Waals surface area contributed by atoms with Crippen LogP contribution >= 0.6 is 0 Å². The summed E-state index contributed by atoms with van der Waals surface area (Å²) in [6.45, 7) is 14.4. The third-order valence-corrected chi connectivity index (χ3v) is 0.386. The van der Waals surface area contributed by atoms with Gasteiger partial charge in [0.05, 0.1) is 0 Å². The van der Waals surface area contributed by atoms with Gasteiger partial charge < -0.3 is 5.73 Å². The first-order valence-corrected chi connectivity index (χ1v) is 3.72. The Hall–Kier alpha value is -1.12. The summed E-state index contributed by atoms with van der Waals surface area (Å²) in [5, 5.41) is 0. The summed E-state index contributed by atoms with van der Waals surface area (Å²) in [6, 6.07) is 0. The summed E-state index contributed by atoms with van der Waals surface area (Å²) in [7, 11) is 0. The highest BCUT2D eigenvalue weighted by molar-refractivity contribution is 5.82. The van der Waals surface area contributed by atoms with Crippen molar-refractivity contribution in [3.8, 4) is 0 Å². The van der Waals surface area contributed by atoms with Gasteiger partial charge in [-0.15, -0.1) is 0 Å². The second kappa shape index (κ2) is 23.2. The normalized spacial score (nSPS) is 7.82. The third kappa shape index (κ3) is 27.9. The minimum atomic E-state index is 0.148. The molecule has 0 aromatic rings. The number of hydrogen-bond donors (Lipinski definition) is 1. The Balaban J connectivity index is -0.000000138. The maximum absolute atomic E-state index is 5.03. The van der Waals surface area contributed by atoms with Gasteiger partial charge in [-0.05, 0) is 6.72 Å². The first kappa shape index (κ1) is 16.5. The Labute approximate surface area is 69.7 Å². The average molecular weight is 157 g/mol. The quantitative estimate of drug-likeness (QED) is 0.460. The van der Waals surface area contributed by atoms with Gasteiger partial charge in [0.1, 0.15) is 0 Å². The molecule has 0 aromatic carbocycles. The van der Waals surface area contributed by atoms with E-state index < -0.39 is 0 Å². The summed E-state index contributed by atoms with van der Waals surface area (Å²) in [5.41, 5.74) is 5.03. The fourth-order valence-corrected chi connectivity index (χ4v) is 0.134. The molecule has 0 radical (unpaired) electrons. The zero-order valence-electron chi connectivity index (χ0n) is 7.96. The van der Waals surface area contributed by atoms with E-state index in [1.54, 1.807) is 0 Å². The molecular weight excluding hydrogens is 138 g/mol. The van der Waals surface area contributed by atoms with Crippen molar-refractivity contribution in [1.82, 2.24) is 0 Å². The van der Waals surface area contributed by atoms with Gasteiger partial charge in [-0.3, -0.25) is 0 Å². The van der Waals surface area contributed by atoms with Gasteiger partial charge in [-0.1, -0.05) is 34.3 Å². The van der Waals surface area contributed by atoms with Crippen molar-refractivity contribution in [3.63, 3.8) is 0 Å². The lowest BCUT2D eigenvalue weighted by Gasteiger charge is -1.80. The van der Waals surface area contributed by atoms with E-state index in [2.05, 4.69) is 23.3 Å². The van der Waals surface area contributed by atoms with Crippen LogP contribution in [0.5, 0.6) is 0 Å². The fraction of sp³-hybridized carbons (Fsp3) is 0.500. The lowest BCUT2D eigenvalue weighted by Crippen LogP contribution is -2.05. The molecule has 3 nitrogen and oxygen atoms in total. The molecule has 11 heavy (non-hydrogen) atoms. The van der Waals surface area contributed by atoms with Crippen molar-refractivity contribution in [2.75, 3.05) is 0 Å². The first-order valence-electron chi connectivity index (χ1n) is 3.72. The minimum Gasteiger partial charge on any atom is -0.368 e. The van der Waals surface area contributed by atoms with Crippen LogP contribution in [0.4, 0.5) is 0 Å². The van der Waals surface area contributed by atoms with Crippen LogP contribution in [0.1, 0.15) is 27.7 Å². The molecule has 66 valence electrons. The van der Waals surface area contributed by atoms with Crippen LogP contribution in [-0.4, -0.2) is 12.7 Å². The fourth-order valence-electron chi connectivity index (χ4n) is 0.134. The van der Waals surface area contributed by atoms with Crippen LogP contribution in [0.25, 0.3) is 0 Å². The van der Waals surface area contributed by atoms with E-state index in [9.17, 15) is 0 Å². The molecule has 0 aliphatic heterocycles. The van der Waals surface area contributed by atoms with Crippen LogP contribution in [0.15, 0.2) is 22.8 Å². The second-order valence-electron chi connectivity index (χ2n) is 0.828. The Morgan fingerprint density at radius 1 is 1.27 bits per heavy atom. The molecule has 0 rings (SSSR count). The lowest BCUT2D eigenvalue weighted by molar-refractivity contribution is 1.45. The van der Waals surface area contributed by atoms with Crippen molar-refractivity contribution in [2.45, 2.75) is 27.7 Å². The van der Waals surface area contributed by atoms with Crippen molar-refractivity contribution in [3.05, 3.63) is 12.8 Å². The maximum atomic E-state index is 5.03. The number of aliphatic imine (C=N–C) groups is 2. The standard InChI is InChI=1S/C4H7N3.2C2H6/c1-3-7-4(5)6-2;2*1-2/h3H,1-2H2,(H2,5,7);2*1-2H3. The van der Waals surface area contributed by atoms with Crippen molar-refractivity contribution in [1.29, 1.82) is 0 Å². The summed E-state index contributed by atoms with van der Waals surface area (Å²) in [6.07, 6.45) is 1.31. The summed E-state index contributed by atoms with van der Waals surface area (Å²) in [4.78, 5) is 6.76. The molecule has 0 saturated heterocycles. The van der Waals surface area contributed by atoms with Gasteiger partial charge in [-0.2, -0.15) is 0 Å². The monoisotopic (exact) mass is 157 g/mol. The van der Waals surface area contributed by atoms with Gasteiger partial charge in [0.15, 0.2) is 0 Å². The van der Waals surface area contributed by atoms with Gasteiger partial charge in [0, 0.05) is 6.20 Å². The van der Waals surface area contributed by atoms with Crippen LogP contribution in [0.2, 0.25) is 0 Å². The average Bonchev–Trinajstić information content (AvgIpc) is 2.12. The van der Waals surface area contributed by atoms with Gasteiger partial charge >= 0.3 is 0 Å². The smallest absolute Gasteiger partial charge is 0.219 e. The van der Waals surface area contributed by atoms with Gasteiger partial charge in [0.2, 0.25) is 5.96 Å². The molecule has 0 spiro atoms. The van der Waals surface area contributed by atoms with E-state index in [1.165, 1.54) is 6.20 Å². The summed E-state index contributed by atoms with van der Waals surface area (Å²) in [5.74, 6) is 0.148. The zero-order valence-corrected chi connectivity index (χ0v) is 7.96. The number of rotatable bonds is 1. The van der Waals surface area contributed by atoms with E-state index in [-0.39, 0.29) is 5.96 Å². The van der Waals surface area contributed by atoms with Gasteiger partial charge in [0.25, 0.3) is 0 Å². The van der Waals surface area contributed by atoms with Crippen molar-refractivity contribution in [2.24, 2.45) is 15.7 Å². The molecule has 2 N–H and O–H groups in total. The zero-order chi connectivity index (χ0) is 9.70. The number of guanidine groups is 1. The molecular formula is C8H19N3. The minimum absolute atomic E-state index is 0.148. The predicted octanol–water partition coefficient (Wildman–Crippen LogP) is 2.20. The molecule has 0 unspecified atom stereocenters. The van der Waals surface area contributed by atoms with Crippen LogP contribution in [-0.2, 0) is 0 Å². The Morgan fingerprint density at radius 2 is 1.64 bits per heavy atom. The molecule has 0 bridgehead atoms. The molecule has 0 atom stereocenters. The number of nitrogens with two attached hydrogens (primary N) is 1. The molecule has 0 aliphatic carbocycles. The van der Waals surface area contributed by atoms with Crippen molar-refractivity contribution < 1.29 is 0 Å². The Kier molecular flexibility index (Phi) is 34.6. The third-order valence-electron chi connectivity index (χ3n) is 0.386. The molecule has 0 aliphatic rings. The maximum Gasteiger partial charge on any atom is 0.219 e. The van der Waals surface area contributed by atoms with Crippen LogP contribution in [0, 0.1) is 0 Å². The molecule has 0 aromatic heterocycles. The number of hydrogen-bond acceptors (Lipinski definition) is 1. The van der Waals surface area contributed by atoms with E-state index in [0.717, 1.165) is 0 Å². The molecule has 0 fully saturated rings. The lowest BCUT2D eigenvalue weighted by atomic mass is 10.9. The van der Waals surface area contributed by atoms with E-state index >= 15 is 0 Å². The highest BCUT2D eigenvalue weighted by Crippen LogP contribution is 1.68. The topological polar surface area (TPSA) is 50.7 Å². The summed E-state index contributed by atoms with van der Waals surface area (Å²) < 4.78 is 0. The Morgan fingerprint density at radius 3 is 1.73 bits per heavy atom.